The van der Waals surface area contributed by atoms with Gasteiger partial charge in [-0.3, -0.25) is 4.79 Å². The van der Waals surface area contributed by atoms with Crippen LogP contribution in [0.1, 0.15) is 105 Å². The molecule has 0 fully saturated rings. The Bertz CT molecular complexity index is 717. The first-order valence-electron chi connectivity index (χ1n) is 12.3. The normalized spacial score (nSPS) is 21.6. The lowest BCUT2D eigenvalue weighted by molar-refractivity contribution is -0.131. The van der Waals surface area contributed by atoms with Crippen LogP contribution in [0.15, 0.2) is 34.3 Å². The van der Waals surface area contributed by atoms with Gasteiger partial charge in [0.25, 0.3) is 0 Å². The molecule has 0 heterocycles. The number of Topliss-reactive ketones (excluding diaryl/α,β-unsaturated/α-hetero) is 1. The van der Waals surface area contributed by atoms with Crippen LogP contribution in [0.3, 0.4) is 0 Å². The molecule has 0 aromatic rings. The van der Waals surface area contributed by atoms with Gasteiger partial charge in [-0.2, -0.15) is 0 Å². The second-order valence-corrected chi connectivity index (χ2v) is 10.9. The van der Waals surface area contributed by atoms with Gasteiger partial charge in [0.15, 0.2) is 5.78 Å². The Hall–Kier alpha value is -1.33. The average Bonchev–Trinajstić information content (AvgIpc) is 2.70. The molecular weight excluding hydrogens is 420 g/mol. The molecule has 0 saturated heterocycles. The van der Waals surface area contributed by atoms with Crippen LogP contribution in [0, 0.1) is 5.41 Å². The molecule has 2 N–H and O–H groups in total. The molecule has 0 saturated carbocycles. The van der Waals surface area contributed by atoms with Gasteiger partial charge in [-0.1, -0.05) is 84.6 Å². The Morgan fingerprint density at radius 2 is 1.56 bits per heavy atom. The van der Waals surface area contributed by atoms with Gasteiger partial charge < -0.3 is 10.2 Å². The molecule has 182 valence electrons. The van der Waals surface area contributed by atoms with Crippen molar-refractivity contribution in [3.8, 4) is 0 Å². The topological polar surface area (TPSA) is 74.6 Å². The fourth-order valence-electron chi connectivity index (χ4n) is 4.30. The van der Waals surface area contributed by atoms with Crippen molar-refractivity contribution in [2.45, 2.75) is 111 Å². The van der Waals surface area contributed by atoms with Gasteiger partial charge in [-0.15, -0.1) is 11.8 Å². The number of aliphatic hydroxyl groups is 1. The van der Waals surface area contributed by atoms with Crippen LogP contribution in [0.4, 0.5) is 0 Å². The smallest absolute Gasteiger partial charge is 0.328 e. The summed E-state index contributed by atoms with van der Waals surface area (Å²) >= 11 is 1.57. The van der Waals surface area contributed by atoms with E-state index in [0.717, 1.165) is 18.2 Å². The second kappa shape index (κ2) is 14.0. The van der Waals surface area contributed by atoms with E-state index >= 15 is 0 Å². The van der Waals surface area contributed by atoms with E-state index in [0.29, 0.717) is 16.1 Å². The summed E-state index contributed by atoms with van der Waals surface area (Å²) in [6.07, 6.45) is 17.5. The minimum absolute atomic E-state index is 0.0976. The Kier molecular flexibility index (Phi) is 12.6. The van der Waals surface area contributed by atoms with Gasteiger partial charge >= 0.3 is 5.97 Å². The number of carbonyl (C=O) groups is 2. The number of carbonyl (C=O) groups excluding carboxylic acids is 1. The lowest BCUT2D eigenvalue weighted by atomic mass is 9.64. The van der Waals surface area contributed by atoms with Crippen molar-refractivity contribution in [2.24, 2.45) is 5.41 Å². The highest BCUT2D eigenvalue weighted by atomic mass is 32.2. The molecular formula is C27H44O4S. The summed E-state index contributed by atoms with van der Waals surface area (Å²) < 4.78 is 0. The van der Waals surface area contributed by atoms with Crippen LogP contribution in [0.5, 0.6) is 0 Å². The number of unbranched alkanes of at least 4 members (excludes halogenated alkanes) is 9. The SMILES string of the molecule is CCCCCCCCCCCCSC1=C(C)[C@](O)(/C=C/C(C)=C\C(=O)O)C(C)(C)CC1=O. The number of hydrogen-bond donors (Lipinski definition) is 2. The highest BCUT2D eigenvalue weighted by molar-refractivity contribution is 8.04. The molecule has 32 heavy (non-hydrogen) atoms. The maximum absolute atomic E-state index is 12.8. The zero-order valence-corrected chi connectivity index (χ0v) is 21.7. The molecule has 1 atom stereocenters. The Morgan fingerprint density at radius 1 is 1.03 bits per heavy atom. The number of ketones is 1. The summed E-state index contributed by atoms with van der Waals surface area (Å²) in [7, 11) is 0. The van der Waals surface area contributed by atoms with Gasteiger partial charge in [0.1, 0.15) is 5.60 Å². The van der Waals surface area contributed by atoms with E-state index in [1.54, 1.807) is 30.8 Å². The van der Waals surface area contributed by atoms with E-state index in [2.05, 4.69) is 6.92 Å². The van der Waals surface area contributed by atoms with Crippen molar-refractivity contribution in [1.29, 1.82) is 0 Å². The monoisotopic (exact) mass is 464 g/mol. The number of allylic oxidation sites excluding steroid dienone is 3. The van der Waals surface area contributed by atoms with Gasteiger partial charge in [-0.05, 0) is 43.2 Å². The molecule has 1 aliphatic carbocycles. The van der Waals surface area contributed by atoms with Crippen molar-refractivity contribution in [3.05, 3.63) is 34.3 Å². The van der Waals surface area contributed by atoms with E-state index in [-0.39, 0.29) is 12.2 Å². The Labute approximate surface area is 199 Å². The van der Waals surface area contributed by atoms with E-state index in [1.807, 2.05) is 20.8 Å². The Morgan fingerprint density at radius 3 is 2.09 bits per heavy atom. The van der Waals surface area contributed by atoms with Crippen molar-refractivity contribution >= 4 is 23.5 Å². The number of hydrogen-bond acceptors (Lipinski definition) is 4. The lowest BCUT2D eigenvalue weighted by Gasteiger charge is -2.45. The van der Waals surface area contributed by atoms with Crippen molar-refractivity contribution < 1.29 is 19.8 Å². The van der Waals surface area contributed by atoms with Crippen molar-refractivity contribution in [2.75, 3.05) is 5.75 Å². The van der Waals surface area contributed by atoms with E-state index in [9.17, 15) is 14.7 Å². The van der Waals surface area contributed by atoms with Crippen LogP contribution in [0.2, 0.25) is 0 Å². The summed E-state index contributed by atoms with van der Waals surface area (Å²) in [5.41, 5.74) is -0.717. The molecule has 0 amide bonds. The van der Waals surface area contributed by atoms with E-state index < -0.39 is 17.0 Å². The first-order valence-corrected chi connectivity index (χ1v) is 13.2. The van der Waals surface area contributed by atoms with Gasteiger partial charge in [0.05, 0.1) is 4.91 Å². The highest BCUT2D eigenvalue weighted by Crippen LogP contribution is 2.48. The second-order valence-electron chi connectivity index (χ2n) is 9.79. The third-order valence-electron chi connectivity index (χ3n) is 6.48. The van der Waals surface area contributed by atoms with E-state index in [4.69, 9.17) is 5.11 Å². The first-order chi connectivity index (χ1) is 15.0. The number of carboxylic acid groups (broad SMARTS) is 1. The summed E-state index contributed by atoms with van der Waals surface area (Å²) in [4.78, 5) is 24.4. The molecule has 0 unspecified atom stereocenters. The summed E-state index contributed by atoms with van der Waals surface area (Å²) in [5.74, 6) is -0.0368. The largest absolute Gasteiger partial charge is 0.478 e. The standard InChI is InChI=1S/C27H44O4S/c1-6-7-8-9-10-11-12-13-14-15-18-32-25-22(3)27(31,26(4,5)20-23(25)28)17-16-21(2)19-24(29)30/h16-17,19,31H,6-15,18,20H2,1-5H3,(H,29,30)/b17-16+,21-19-/t27-/m1/s1. The fraction of sp³-hybridized carbons (Fsp3) is 0.704. The van der Waals surface area contributed by atoms with Crippen LogP contribution in [-0.4, -0.2) is 33.3 Å². The Balaban J connectivity index is 2.63. The average molecular weight is 465 g/mol. The number of carboxylic acids is 1. The molecule has 0 radical (unpaired) electrons. The molecule has 0 aliphatic heterocycles. The molecule has 5 heteroatoms. The molecule has 0 bridgehead atoms. The third kappa shape index (κ3) is 8.90. The minimum atomic E-state index is -1.28. The quantitative estimate of drug-likeness (QED) is 0.152. The predicted octanol–water partition coefficient (Wildman–Crippen LogP) is 7.23. The molecule has 0 spiro atoms. The van der Waals surface area contributed by atoms with Crippen LogP contribution in [-0.2, 0) is 9.59 Å². The highest BCUT2D eigenvalue weighted by Gasteiger charge is 2.49. The number of aliphatic carboxylic acids is 1. The molecule has 0 aromatic heterocycles. The van der Waals surface area contributed by atoms with Gasteiger partial charge in [0.2, 0.25) is 0 Å². The molecule has 1 aliphatic rings. The van der Waals surface area contributed by atoms with Gasteiger partial charge in [-0.25, -0.2) is 4.79 Å². The molecule has 1 rings (SSSR count). The van der Waals surface area contributed by atoms with Crippen LogP contribution in [0.25, 0.3) is 0 Å². The van der Waals surface area contributed by atoms with Crippen LogP contribution >= 0.6 is 11.8 Å². The van der Waals surface area contributed by atoms with Crippen molar-refractivity contribution in [1.82, 2.24) is 0 Å². The minimum Gasteiger partial charge on any atom is -0.478 e. The van der Waals surface area contributed by atoms with E-state index in [1.165, 1.54) is 57.8 Å². The number of rotatable bonds is 15. The van der Waals surface area contributed by atoms with Gasteiger partial charge in [0, 0.05) is 17.9 Å². The summed E-state index contributed by atoms with van der Waals surface area (Å²) in [6.45, 7) is 9.54. The molecule has 4 nitrogen and oxygen atoms in total. The molecule has 0 aromatic carbocycles. The third-order valence-corrected chi connectivity index (χ3v) is 7.80. The van der Waals surface area contributed by atoms with Crippen molar-refractivity contribution in [3.63, 3.8) is 0 Å². The summed E-state index contributed by atoms with van der Waals surface area (Å²) in [6, 6.07) is 0. The lowest BCUT2D eigenvalue weighted by Crippen LogP contribution is -2.49. The maximum Gasteiger partial charge on any atom is 0.328 e. The zero-order valence-electron chi connectivity index (χ0n) is 20.8. The number of thioether (sulfide) groups is 1. The fourth-order valence-corrected chi connectivity index (χ4v) is 5.46. The zero-order chi connectivity index (χ0) is 24.2. The predicted molar refractivity (Wildman–Crippen MR) is 136 cm³/mol. The van der Waals surface area contributed by atoms with Crippen LogP contribution < -0.4 is 0 Å². The summed E-state index contributed by atoms with van der Waals surface area (Å²) in [5, 5.41) is 20.4. The maximum atomic E-state index is 12.8. The first kappa shape index (κ1) is 28.7.